The molecule has 2 N–H and O–H groups in total. The second-order valence-electron chi connectivity index (χ2n) is 5.36. The van der Waals surface area contributed by atoms with Crippen LogP contribution in [-0.2, 0) is 3.17 Å². The molecule has 1 amide bonds. The fourth-order valence-corrected chi connectivity index (χ4v) is 2.80. The molecule has 0 aliphatic rings. The van der Waals surface area contributed by atoms with Gasteiger partial charge in [0.1, 0.15) is 0 Å². The van der Waals surface area contributed by atoms with Crippen LogP contribution in [0.1, 0.15) is 10.4 Å². The van der Waals surface area contributed by atoms with E-state index in [-0.39, 0.29) is 11.3 Å². The van der Waals surface area contributed by atoms with Crippen LogP contribution in [0.5, 0.6) is 5.75 Å². The van der Waals surface area contributed by atoms with Gasteiger partial charge in [-0.15, -0.1) is 0 Å². The summed E-state index contributed by atoms with van der Waals surface area (Å²) in [5, 5.41) is 11.7. The fourth-order valence-electron chi connectivity index (χ4n) is 1.66. The molecule has 0 fully saturated rings. The first-order valence-electron chi connectivity index (χ1n) is 6.07. The zero-order valence-corrected chi connectivity index (χ0v) is 14.1. The third-order valence-electron chi connectivity index (χ3n) is 2.56. The van der Waals surface area contributed by atoms with Gasteiger partial charge in [0, 0.05) is 0 Å². The maximum atomic E-state index is 12.0. The topological polar surface area (TPSA) is 58.6 Å². The Bertz CT molecular complexity index is 620. The molecule has 5 heteroatoms. The molecular weight excluding hydrogens is 349 g/mol. The normalized spacial score (nSPS) is 11.5. The fraction of sp³-hybridized carbons (Fsp3) is 0.214. The van der Waals surface area contributed by atoms with Crippen molar-refractivity contribution in [2.45, 2.75) is 14.8 Å². The molecule has 0 saturated carbocycles. The van der Waals surface area contributed by atoms with E-state index >= 15 is 0 Å². The second-order valence-corrected chi connectivity index (χ2v) is 18.0. The summed E-state index contributed by atoms with van der Waals surface area (Å²) < 4.78 is 5.41. The summed E-state index contributed by atoms with van der Waals surface area (Å²) >= 11 is -2.53. The summed E-state index contributed by atoms with van der Waals surface area (Å²) in [7, 11) is 0. The van der Waals surface area contributed by atoms with Crippen molar-refractivity contribution in [3.8, 4) is 5.75 Å². The van der Waals surface area contributed by atoms with Crippen LogP contribution >= 0.6 is 0 Å². The number of hydrogen-bond acceptors (Lipinski definition) is 3. The van der Waals surface area contributed by atoms with E-state index in [9.17, 15) is 9.90 Å². The van der Waals surface area contributed by atoms with Gasteiger partial charge in [-0.25, -0.2) is 0 Å². The first kappa shape index (κ1) is 14.1. The van der Waals surface area contributed by atoms with Gasteiger partial charge in [0.2, 0.25) is 0 Å². The van der Waals surface area contributed by atoms with E-state index in [0.717, 1.165) is 10.8 Å². The van der Waals surface area contributed by atoms with Gasteiger partial charge in [0.25, 0.3) is 0 Å². The van der Waals surface area contributed by atoms with Crippen LogP contribution in [0.3, 0.4) is 0 Å². The molecule has 2 rings (SSSR count). The van der Waals surface area contributed by atoms with Crippen LogP contribution in [-0.4, -0.2) is 29.8 Å². The number of hydrogen-bond donors (Lipinski definition) is 2. The van der Waals surface area contributed by atoms with E-state index in [4.69, 9.17) is 3.17 Å². The van der Waals surface area contributed by atoms with Crippen LogP contribution in [0.15, 0.2) is 36.4 Å². The third kappa shape index (κ3) is 3.60. The molecule has 0 heterocycles. The van der Waals surface area contributed by atoms with Gasteiger partial charge in [-0.05, 0) is 0 Å². The number of nitrogens with one attached hydrogen (secondary N) is 1. The summed E-state index contributed by atoms with van der Waals surface area (Å²) in [6.07, 6.45) is 0. The Kier molecular flexibility index (Phi) is 4.01. The van der Waals surface area contributed by atoms with Gasteiger partial charge in [-0.1, -0.05) is 0 Å². The summed E-state index contributed by atoms with van der Waals surface area (Å²) in [4.78, 5) is 18.1. The van der Waals surface area contributed by atoms with Crippen LogP contribution < -0.4 is 5.48 Å². The Morgan fingerprint density at radius 1 is 1.16 bits per heavy atom. The second kappa shape index (κ2) is 5.38. The third-order valence-corrected chi connectivity index (χ3v) is 4.60. The van der Waals surface area contributed by atoms with E-state index in [1.54, 1.807) is 12.1 Å². The van der Waals surface area contributed by atoms with Gasteiger partial charge >= 0.3 is 117 Å². The number of carbonyl (C=O) groups excluding carboxylic acids is 1. The SMILES string of the molecule is [CH3][Sn]([CH3])([CH3])[O]NC(=O)c1cc2ccccc2cc1O. The number of phenols is 1. The van der Waals surface area contributed by atoms with Gasteiger partial charge < -0.3 is 0 Å². The number of hydroxylamine groups is 1. The standard InChI is InChI=1S/C11H8NO3.3CH3.Sn/c13-10-6-8-4-2-1-3-7(8)5-9(10)11(14)12-15;;;;/h1-6H,(H2-,12,13,14,15);3*1H3;/q-1;;;;+1. The van der Waals surface area contributed by atoms with E-state index in [1.807, 2.05) is 39.1 Å². The zero-order chi connectivity index (χ0) is 14.0. The quantitative estimate of drug-likeness (QED) is 0.649. The van der Waals surface area contributed by atoms with E-state index in [0.29, 0.717) is 0 Å². The van der Waals surface area contributed by atoms with E-state index < -0.39 is 24.7 Å². The molecule has 2 aromatic carbocycles. The Morgan fingerprint density at radius 3 is 2.32 bits per heavy atom. The summed E-state index contributed by atoms with van der Waals surface area (Å²) in [5.74, 6) is -0.446. The van der Waals surface area contributed by atoms with Crippen molar-refractivity contribution < 1.29 is 13.1 Å². The van der Waals surface area contributed by atoms with Crippen LogP contribution in [0.2, 0.25) is 14.8 Å². The molecule has 100 valence electrons. The Labute approximate surface area is 116 Å². The summed E-state index contributed by atoms with van der Waals surface area (Å²) in [5.41, 5.74) is 2.67. The number of rotatable bonds is 3. The number of carbonyl (C=O) groups is 1. The van der Waals surface area contributed by atoms with E-state index in [2.05, 4.69) is 5.48 Å². The van der Waals surface area contributed by atoms with Crippen LogP contribution in [0, 0.1) is 0 Å². The minimum absolute atomic E-state index is 0.0380. The first-order valence-corrected chi connectivity index (χ1v) is 15.8. The van der Waals surface area contributed by atoms with Gasteiger partial charge in [-0.3, -0.25) is 0 Å². The predicted molar refractivity (Wildman–Crippen MR) is 77.5 cm³/mol. The minimum atomic E-state index is -2.53. The Balaban J connectivity index is 2.29. The molecule has 0 spiro atoms. The van der Waals surface area contributed by atoms with E-state index in [1.165, 1.54) is 0 Å². The molecule has 0 aromatic heterocycles. The molecule has 0 unspecified atom stereocenters. The van der Waals surface area contributed by atoms with Crippen molar-refractivity contribution in [2.75, 3.05) is 0 Å². The van der Waals surface area contributed by atoms with Crippen LogP contribution in [0.25, 0.3) is 10.8 Å². The van der Waals surface area contributed by atoms with Crippen molar-refractivity contribution >= 4 is 35.5 Å². The number of fused-ring (bicyclic) bond motifs is 1. The molecular formula is C14H17NO3Sn. The molecule has 0 aliphatic carbocycles. The number of benzene rings is 2. The average molecular weight is 366 g/mol. The number of aromatic hydroxyl groups is 1. The summed E-state index contributed by atoms with van der Waals surface area (Å²) in [6, 6.07) is 10.8. The molecule has 19 heavy (non-hydrogen) atoms. The molecule has 0 radical (unpaired) electrons. The number of phenolic OH excluding ortho intramolecular Hbond substituents is 1. The summed E-state index contributed by atoms with van der Waals surface area (Å²) in [6.45, 7) is 0. The average Bonchev–Trinajstić information content (AvgIpc) is 2.34. The molecule has 0 atom stereocenters. The molecule has 0 bridgehead atoms. The molecule has 2 aromatic rings. The molecule has 0 saturated heterocycles. The zero-order valence-electron chi connectivity index (χ0n) is 11.2. The van der Waals surface area contributed by atoms with Gasteiger partial charge in [0.05, 0.1) is 0 Å². The molecule has 0 aliphatic heterocycles. The maximum absolute atomic E-state index is 12.0. The first-order chi connectivity index (χ1) is 8.87. The Hall–Kier alpha value is -1.27. The van der Waals surface area contributed by atoms with Gasteiger partial charge in [0.15, 0.2) is 0 Å². The monoisotopic (exact) mass is 367 g/mol. The molecule has 4 nitrogen and oxygen atoms in total. The van der Waals surface area contributed by atoms with Gasteiger partial charge in [-0.2, -0.15) is 0 Å². The van der Waals surface area contributed by atoms with Crippen LogP contribution in [0.4, 0.5) is 0 Å². The van der Waals surface area contributed by atoms with Crippen molar-refractivity contribution in [3.05, 3.63) is 42.0 Å². The predicted octanol–water partition coefficient (Wildman–Crippen LogP) is 3.04. The van der Waals surface area contributed by atoms with Crippen molar-refractivity contribution in [1.29, 1.82) is 0 Å². The van der Waals surface area contributed by atoms with Crippen molar-refractivity contribution in [2.24, 2.45) is 0 Å². The van der Waals surface area contributed by atoms with Crippen molar-refractivity contribution in [3.63, 3.8) is 0 Å². The Morgan fingerprint density at radius 2 is 1.74 bits per heavy atom. The van der Waals surface area contributed by atoms with Crippen molar-refractivity contribution in [1.82, 2.24) is 5.48 Å². The number of amides is 1.